The molecule has 2 heterocycles. The molecule has 0 unspecified atom stereocenters. The highest BCUT2D eigenvalue weighted by Gasteiger charge is 2.05. The van der Waals surface area contributed by atoms with E-state index in [9.17, 15) is 0 Å². The summed E-state index contributed by atoms with van der Waals surface area (Å²) in [5.74, 6) is 1.04. The summed E-state index contributed by atoms with van der Waals surface area (Å²) in [6.07, 6.45) is 6.92. The second kappa shape index (κ2) is 5.24. The molecule has 5 heteroatoms. The monoisotopic (exact) mass is 312 g/mol. The molecule has 0 N–H and O–H groups in total. The topological polar surface area (TPSA) is 51.6 Å². The van der Waals surface area contributed by atoms with Gasteiger partial charge in [-0.15, -0.1) is 0 Å². The van der Waals surface area contributed by atoms with Crippen molar-refractivity contribution in [2.45, 2.75) is 0 Å². The van der Waals surface area contributed by atoms with Crippen LogP contribution in [0.4, 0.5) is 0 Å². The second-order valence-electron chi connectivity index (χ2n) is 3.89. The van der Waals surface area contributed by atoms with E-state index in [1.165, 1.54) is 0 Å². The van der Waals surface area contributed by atoms with Gasteiger partial charge >= 0.3 is 0 Å². The first-order chi connectivity index (χ1) is 9.33. The van der Waals surface area contributed by atoms with Crippen LogP contribution in [0.3, 0.4) is 0 Å². The zero-order valence-corrected chi connectivity index (χ0v) is 11.4. The van der Waals surface area contributed by atoms with Gasteiger partial charge in [-0.05, 0) is 21.5 Å². The molecule has 1 aromatic carbocycles. The summed E-state index contributed by atoms with van der Waals surface area (Å²) >= 11 is 3.29. The van der Waals surface area contributed by atoms with Crippen LogP contribution in [0, 0.1) is 0 Å². The van der Waals surface area contributed by atoms with E-state index >= 15 is 0 Å². The summed E-state index contributed by atoms with van der Waals surface area (Å²) in [6, 6.07) is 10.00. The van der Waals surface area contributed by atoms with Gasteiger partial charge in [-0.2, -0.15) is 0 Å². The maximum atomic E-state index is 4.30. The lowest BCUT2D eigenvalue weighted by molar-refractivity contribution is 1.07. The summed E-state index contributed by atoms with van der Waals surface area (Å²) in [5.41, 5.74) is 2.06. The van der Waals surface area contributed by atoms with Gasteiger partial charge in [0.15, 0.2) is 11.6 Å². The van der Waals surface area contributed by atoms with Crippen molar-refractivity contribution in [2.75, 3.05) is 0 Å². The maximum absolute atomic E-state index is 4.30. The molecular weight excluding hydrogens is 304 g/mol. The molecule has 0 amide bonds. The Kier molecular flexibility index (Phi) is 3.29. The van der Waals surface area contributed by atoms with Crippen LogP contribution < -0.4 is 0 Å². The van der Waals surface area contributed by atoms with Crippen LogP contribution in [0.15, 0.2) is 59.6 Å². The summed E-state index contributed by atoms with van der Waals surface area (Å²) in [5, 5.41) is 0. The largest absolute Gasteiger partial charge is 0.233 e. The molecule has 0 saturated carbocycles. The van der Waals surface area contributed by atoms with Gasteiger partial charge in [0, 0.05) is 30.4 Å². The van der Waals surface area contributed by atoms with Gasteiger partial charge in [0.1, 0.15) is 0 Å². The number of nitrogens with zero attached hydrogens (tertiary/aromatic N) is 4. The third kappa shape index (κ3) is 2.66. The smallest absolute Gasteiger partial charge is 0.197 e. The third-order valence-corrected chi connectivity index (χ3v) is 2.99. The highest BCUT2D eigenvalue weighted by molar-refractivity contribution is 9.10. The van der Waals surface area contributed by atoms with Crippen molar-refractivity contribution in [2.24, 2.45) is 0 Å². The van der Waals surface area contributed by atoms with Crippen LogP contribution in [-0.4, -0.2) is 19.9 Å². The minimum absolute atomic E-state index is 0.516. The summed E-state index contributed by atoms with van der Waals surface area (Å²) in [6.45, 7) is 0. The molecule has 92 valence electrons. The first kappa shape index (κ1) is 11.9. The molecule has 4 nitrogen and oxygen atoms in total. The molecule has 0 saturated heterocycles. The Labute approximate surface area is 118 Å². The number of rotatable bonds is 2. The summed E-state index contributed by atoms with van der Waals surface area (Å²) < 4.78 is 0.831. The first-order valence-electron chi connectivity index (χ1n) is 5.68. The van der Waals surface area contributed by atoms with Crippen LogP contribution in [0.5, 0.6) is 0 Å². The van der Waals surface area contributed by atoms with Gasteiger partial charge in [0.05, 0.1) is 4.47 Å². The van der Waals surface area contributed by atoms with E-state index in [4.69, 9.17) is 0 Å². The van der Waals surface area contributed by atoms with Gasteiger partial charge < -0.3 is 0 Å². The molecule has 0 atom stereocenters. The average Bonchev–Trinajstić information content (AvgIpc) is 2.49. The number of hydrogen-bond acceptors (Lipinski definition) is 4. The van der Waals surface area contributed by atoms with Crippen LogP contribution in [-0.2, 0) is 0 Å². The predicted octanol–water partition coefficient (Wildman–Crippen LogP) is 3.36. The van der Waals surface area contributed by atoms with E-state index < -0.39 is 0 Å². The third-order valence-electron chi connectivity index (χ3n) is 2.58. The molecule has 0 bridgehead atoms. The molecule has 3 aromatic rings. The molecular formula is C14H9BrN4. The van der Waals surface area contributed by atoms with E-state index in [0.29, 0.717) is 11.6 Å². The standard InChI is InChI=1S/C14H9BrN4/c15-12-8-18-14(19-9-12)13-16-6-11(7-17-13)10-4-2-1-3-5-10/h1-9H. The maximum Gasteiger partial charge on any atom is 0.197 e. The van der Waals surface area contributed by atoms with Crippen LogP contribution in [0.2, 0.25) is 0 Å². The van der Waals surface area contributed by atoms with Crippen molar-refractivity contribution in [3.05, 3.63) is 59.6 Å². The lowest BCUT2D eigenvalue weighted by atomic mass is 10.1. The highest BCUT2D eigenvalue weighted by Crippen LogP contribution is 2.18. The second-order valence-corrected chi connectivity index (χ2v) is 4.80. The summed E-state index contributed by atoms with van der Waals surface area (Å²) in [7, 11) is 0. The quantitative estimate of drug-likeness (QED) is 0.728. The van der Waals surface area contributed by atoms with Crippen molar-refractivity contribution in [3.63, 3.8) is 0 Å². The molecule has 0 aliphatic carbocycles. The highest BCUT2D eigenvalue weighted by atomic mass is 79.9. The van der Waals surface area contributed by atoms with E-state index in [2.05, 4.69) is 35.9 Å². The van der Waals surface area contributed by atoms with Crippen molar-refractivity contribution in [3.8, 4) is 22.8 Å². The molecule has 19 heavy (non-hydrogen) atoms. The minimum Gasteiger partial charge on any atom is -0.233 e. The van der Waals surface area contributed by atoms with Gasteiger partial charge in [0.25, 0.3) is 0 Å². The fraction of sp³-hybridized carbons (Fsp3) is 0. The molecule has 2 aromatic heterocycles. The fourth-order valence-corrected chi connectivity index (χ4v) is 1.86. The van der Waals surface area contributed by atoms with E-state index in [-0.39, 0.29) is 0 Å². The molecule has 0 fully saturated rings. The molecule has 0 aliphatic rings. The van der Waals surface area contributed by atoms with E-state index in [0.717, 1.165) is 15.6 Å². The van der Waals surface area contributed by atoms with E-state index in [1.54, 1.807) is 24.8 Å². The Bertz CT molecular complexity index is 666. The first-order valence-corrected chi connectivity index (χ1v) is 6.47. The minimum atomic E-state index is 0.516. The molecule has 3 rings (SSSR count). The zero-order chi connectivity index (χ0) is 13.1. The number of halogens is 1. The predicted molar refractivity (Wildman–Crippen MR) is 76.2 cm³/mol. The van der Waals surface area contributed by atoms with Crippen molar-refractivity contribution in [1.29, 1.82) is 0 Å². The molecule has 0 radical (unpaired) electrons. The lowest BCUT2D eigenvalue weighted by Crippen LogP contribution is -1.94. The van der Waals surface area contributed by atoms with Crippen molar-refractivity contribution < 1.29 is 0 Å². The summed E-state index contributed by atoms with van der Waals surface area (Å²) in [4.78, 5) is 16.9. The van der Waals surface area contributed by atoms with Crippen molar-refractivity contribution in [1.82, 2.24) is 19.9 Å². The number of aromatic nitrogens is 4. The Balaban J connectivity index is 1.93. The van der Waals surface area contributed by atoms with Crippen molar-refractivity contribution >= 4 is 15.9 Å². The SMILES string of the molecule is Brc1cnc(-c2ncc(-c3ccccc3)cn2)nc1. The van der Waals surface area contributed by atoms with Gasteiger partial charge in [0.2, 0.25) is 0 Å². The zero-order valence-electron chi connectivity index (χ0n) is 9.86. The number of benzene rings is 1. The Morgan fingerprint density at radius 1 is 0.632 bits per heavy atom. The molecule has 0 aliphatic heterocycles. The van der Waals surface area contributed by atoms with Crippen LogP contribution in [0.1, 0.15) is 0 Å². The van der Waals surface area contributed by atoms with Crippen LogP contribution >= 0.6 is 15.9 Å². The van der Waals surface area contributed by atoms with Gasteiger partial charge in [-0.1, -0.05) is 30.3 Å². The average molecular weight is 313 g/mol. The fourth-order valence-electron chi connectivity index (χ4n) is 1.65. The Morgan fingerprint density at radius 3 is 1.74 bits per heavy atom. The Hall–Kier alpha value is -2.14. The number of hydrogen-bond donors (Lipinski definition) is 0. The lowest BCUT2D eigenvalue weighted by Gasteiger charge is -2.02. The molecule has 0 spiro atoms. The van der Waals surface area contributed by atoms with Gasteiger partial charge in [-0.25, -0.2) is 19.9 Å². The van der Waals surface area contributed by atoms with E-state index in [1.807, 2.05) is 30.3 Å². The van der Waals surface area contributed by atoms with Gasteiger partial charge in [-0.3, -0.25) is 0 Å². The van der Waals surface area contributed by atoms with Crippen LogP contribution in [0.25, 0.3) is 22.8 Å². The Morgan fingerprint density at radius 2 is 1.16 bits per heavy atom. The normalized spacial score (nSPS) is 10.4.